The Kier molecular flexibility index (Phi) is 4.16. The van der Waals surface area contributed by atoms with Crippen molar-refractivity contribution in [3.63, 3.8) is 0 Å². The van der Waals surface area contributed by atoms with E-state index in [1.807, 2.05) is 6.92 Å². The van der Waals surface area contributed by atoms with Gasteiger partial charge in [0.05, 0.1) is 15.6 Å². The molecule has 6 heteroatoms. The summed E-state index contributed by atoms with van der Waals surface area (Å²) in [6.45, 7) is 5.12. The van der Waals surface area contributed by atoms with E-state index in [4.69, 9.17) is 11.6 Å². The van der Waals surface area contributed by atoms with Gasteiger partial charge in [-0.15, -0.1) is 0 Å². The van der Waals surface area contributed by atoms with E-state index >= 15 is 0 Å². The van der Waals surface area contributed by atoms with E-state index < -0.39 is 10.0 Å². The quantitative estimate of drug-likeness (QED) is 0.785. The predicted octanol–water partition coefficient (Wildman–Crippen LogP) is 3.17. The van der Waals surface area contributed by atoms with Crippen molar-refractivity contribution in [2.24, 2.45) is 4.40 Å². The number of rotatable bonds is 2. The summed E-state index contributed by atoms with van der Waals surface area (Å²) in [6.07, 6.45) is 1.29. The van der Waals surface area contributed by atoms with Crippen molar-refractivity contribution in [3.05, 3.63) is 52.1 Å². The van der Waals surface area contributed by atoms with Gasteiger partial charge in [-0.1, -0.05) is 29.3 Å². The first kappa shape index (κ1) is 15.7. The second-order valence-corrected chi connectivity index (χ2v) is 6.85. The second kappa shape index (κ2) is 5.58. The summed E-state index contributed by atoms with van der Waals surface area (Å²) in [5, 5.41) is -0.0315. The van der Waals surface area contributed by atoms with Crippen molar-refractivity contribution in [2.75, 3.05) is 0 Å². The minimum Gasteiger partial charge on any atom is -0.288 e. The minimum absolute atomic E-state index is 0.0315. The molecule has 0 N–H and O–H groups in total. The molecular formula is C15H14ClNO3S. The Bertz CT molecular complexity index is 800. The van der Waals surface area contributed by atoms with Crippen LogP contribution in [0.4, 0.5) is 0 Å². The van der Waals surface area contributed by atoms with E-state index in [1.165, 1.54) is 18.2 Å². The molecule has 2 rings (SSSR count). The number of benzene rings is 1. The third kappa shape index (κ3) is 3.14. The lowest BCUT2D eigenvalue weighted by molar-refractivity contribution is -0.111. The van der Waals surface area contributed by atoms with Gasteiger partial charge in [0.15, 0.2) is 5.78 Å². The van der Waals surface area contributed by atoms with Crippen LogP contribution in [-0.2, 0) is 14.8 Å². The molecule has 1 aromatic rings. The summed E-state index contributed by atoms with van der Waals surface area (Å²) in [7, 11) is -3.83. The highest BCUT2D eigenvalue weighted by Gasteiger charge is 2.23. The Morgan fingerprint density at radius 1 is 1.00 bits per heavy atom. The fourth-order valence-electron chi connectivity index (χ4n) is 1.82. The number of aryl methyl sites for hydroxylation is 1. The summed E-state index contributed by atoms with van der Waals surface area (Å²) in [5.74, 6) is -0.305. The Labute approximate surface area is 128 Å². The molecule has 0 unspecified atom stereocenters. The van der Waals surface area contributed by atoms with Gasteiger partial charge >= 0.3 is 0 Å². The third-order valence-electron chi connectivity index (χ3n) is 3.31. The van der Waals surface area contributed by atoms with E-state index in [2.05, 4.69) is 4.40 Å². The first-order chi connectivity index (χ1) is 9.72. The van der Waals surface area contributed by atoms with Gasteiger partial charge in [0.1, 0.15) is 0 Å². The highest BCUT2D eigenvalue weighted by Crippen LogP contribution is 2.23. The molecule has 0 atom stereocenters. The average molecular weight is 324 g/mol. The van der Waals surface area contributed by atoms with Gasteiger partial charge in [-0.25, -0.2) is 0 Å². The Balaban J connectivity index is 2.52. The number of Topliss-reactive ketones (excluding diaryl/α,β-unsaturated/α-hetero) is 1. The summed E-state index contributed by atoms with van der Waals surface area (Å²) in [6, 6.07) is 6.41. The molecule has 1 aliphatic carbocycles. The topological polar surface area (TPSA) is 63.6 Å². The molecule has 0 bridgehead atoms. The van der Waals surface area contributed by atoms with E-state index in [9.17, 15) is 13.2 Å². The van der Waals surface area contributed by atoms with E-state index in [0.29, 0.717) is 11.1 Å². The number of carbonyl (C=O) groups excluding carboxylic acids is 1. The largest absolute Gasteiger partial charge is 0.288 e. The number of allylic oxidation sites excluding steroid dienone is 4. The number of carbonyl (C=O) groups is 1. The standard InChI is InChI=1S/C15H14ClNO3S/c1-9-4-6-12(7-5-9)21(19,20)17-14-8-13(16)15(18)11(3)10(14)2/h4-8H,1-3H3/b17-14+. The lowest BCUT2D eigenvalue weighted by atomic mass is 9.97. The SMILES string of the molecule is CC1=C(C)/C(=N/S(=O)(=O)c2ccc(C)cc2)C=C(Cl)C1=O. The highest BCUT2D eigenvalue weighted by molar-refractivity contribution is 7.90. The van der Waals surface area contributed by atoms with Gasteiger partial charge in [-0.2, -0.15) is 12.8 Å². The number of hydrogen-bond donors (Lipinski definition) is 0. The fourth-order valence-corrected chi connectivity index (χ4v) is 3.10. The zero-order valence-corrected chi connectivity index (χ0v) is 13.4. The molecule has 4 nitrogen and oxygen atoms in total. The summed E-state index contributed by atoms with van der Waals surface area (Å²) >= 11 is 5.82. The molecule has 0 aromatic heterocycles. The lowest BCUT2D eigenvalue weighted by Crippen LogP contribution is -2.15. The van der Waals surface area contributed by atoms with E-state index in [-0.39, 0.29) is 21.4 Å². The average Bonchev–Trinajstić information content (AvgIpc) is 2.42. The number of nitrogens with zero attached hydrogens (tertiary/aromatic N) is 1. The third-order valence-corrected chi connectivity index (χ3v) is 4.89. The Morgan fingerprint density at radius 2 is 1.57 bits per heavy atom. The van der Waals surface area contributed by atoms with Gasteiger partial charge in [0, 0.05) is 5.57 Å². The summed E-state index contributed by atoms with van der Waals surface area (Å²) in [5.41, 5.74) is 2.07. The summed E-state index contributed by atoms with van der Waals surface area (Å²) < 4.78 is 28.4. The maximum atomic E-state index is 12.3. The molecule has 21 heavy (non-hydrogen) atoms. The van der Waals surface area contributed by atoms with Crippen molar-refractivity contribution in [2.45, 2.75) is 25.7 Å². The molecule has 1 aliphatic rings. The first-order valence-electron chi connectivity index (χ1n) is 6.24. The van der Waals surface area contributed by atoms with Crippen LogP contribution >= 0.6 is 11.6 Å². The zero-order chi connectivity index (χ0) is 15.8. The normalized spacial score (nSPS) is 18.2. The first-order valence-corrected chi connectivity index (χ1v) is 8.05. The zero-order valence-electron chi connectivity index (χ0n) is 11.8. The van der Waals surface area contributed by atoms with Crippen molar-refractivity contribution >= 4 is 33.1 Å². The molecule has 110 valence electrons. The monoisotopic (exact) mass is 323 g/mol. The Hall–Kier alpha value is -1.72. The number of halogens is 1. The molecule has 0 spiro atoms. The van der Waals surface area contributed by atoms with Crippen molar-refractivity contribution < 1.29 is 13.2 Å². The fraction of sp³-hybridized carbons (Fsp3) is 0.200. The molecule has 0 saturated heterocycles. The lowest BCUT2D eigenvalue weighted by Gasteiger charge is -2.13. The highest BCUT2D eigenvalue weighted by atomic mass is 35.5. The smallest absolute Gasteiger partial charge is 0.282 e. The van der Waals surface area contributed by atoms with E-state index in [0.717, 1.165) is 5.56 Å². The molecule has 0 heterocycles. The number of sulfonamides is 1. The van der Waals surface area contributed by atoms with Gasteiger partial charge in [0.2, 0.25) is 0 Å². The minimum atomic E-state index is -3.83. The van der Waals surface area contributed by atoms with Crippen LogP contribution in [0, 0.1) is 6.92 Å². The molecular weight excluding hydrogens is 310 g/mol. The Morgan fingerprint density at radius 3 is 2.14 bits per heavy atom. The summed E-state index contributed by atoms with van der Waals surface area (Å²) in [4.78, 5) is 11.8. The second-order valence-electron chi connectivity index (χ2n) is 4.84. The van der Waals surface area contributed by atoms with Gasteiger partial charge in [0.25, 0.3) is 10.0 Å². The van der Waals surface area contributed by atoms with Crippen LogP contribution in [0.3, 0.4) is 0 Å². The van der Waals surface area contributed by atoms with Gasteiger partial charge < -0.3 is 0 Å². The van der Waals surface area contributed by atoms with Gasteiger partial charge in [-0.3, -0.25) is 4.79 Å². The number of hydrogen-bond acceptors (Lipinski definition) is 3. The van der Waals surface area contributed by atoms with Crippen molar-refractivity contribution in [1.82, 2.24) is 0 Å². The van der Waals surface area contributed by atoms with Crippen molar-refractivity contribution in [3.8, 4) is 0 Å². The van der Waals surface area contributed by atoms with Crippen LogP contribution in [0.15, 0.2) is 55.8 Å². The molecule has 0 radical (unpaired) electrons. The van der Waals surface area contributed by atoms with Crippen LogP contribution < -0.4 is 0 Å². The molecule has 0 aliphatic heterocycles. The maximum Gasteiger partial charge on any atom is 0.282 e. The van der Waals surface area contributed by atoms with Crippen LogP contribution in [-0.4, -0.2) is 19.9 Å². The maximum absolute atomic E-state index is 12.3. The molecule has 0 fully saturated rings. The molecule has 0 amide bonds. The van der Waals surface area contributed by atoms with Crippen LogP contribution in [0.1, 0.15) is 19.4 Å². The molecule has 1 aromatic carbocycles. The van der Waals surface area contributed by atoms with Crippen LogP contribution in [0.25, 0.3) is 0 Å². The molecule has 0 saturated carbocycles. The van der Waals surface area contributed by atoms with Crippen molar-refractivity contribution in [1.29, 1.82) is 0 Å². The predicted molar refractivity (Wildman–Crippen MR) is 83.1 cm³/mol. The number of ketones is 1. The van der Waals surface area contributed by atoms with Gasteiger partial charge in [-0.05, 0) is 44.6 Å². The van der Waals surface area contributed by atoms with E-state index in [1.54, 1.807) is 26.0 Å². The van der Waals surface area contributed by atoms with Crippen LogP contribution in [0.5, 0.6) is 0 Å². The van der Waals surface area contributed by atoms with Crippen LogP contribution in [0.2, 0.25) is 0 Å².